The van der Waals surface area contributed by atoms with E-state index in [1.165, 1.54) is 0 Å². The average molecular weight is 155 g/mol. The predicted octanol–water partition coefficient (Wildman–Crippen LogP) is 0.507. The summed E-state index contributed by atoms with van der Waals surface area (Å²) in [4.78, 5) is 9.97. The molecule has 0 spiro atoms. The summed E-state index contributed by atoms with van der Waals surface area (Å²) in [5, 5.41) is 2.35. The molecule has 3 heteroatoms. The zero-order valence-electron chi connectivity index (χ0n) is 7.05. The average Bonchev–Trinajstić information content (AvgIpc) is 1.84. The van der Waals surface area contributed by atoms with Gasteiger partial charge in [0.05, 0.1) is 5.60 Å². The van der Waals surface area contributed by atoms with E-state index in [0.29, 0.717) is 6.41 Å². The lowest BCUT2D eigenvalue weighted by atomic mass is 10.2. The van der Waals surface area contributed by atoms with Crippen LogP contribution in [0.5, 0.6) is 0 Å². The number of hydrogen-bond acceptors (Lipinski definition) is 2. The van der Waals surface area contributed by atoms with Gasteiger partial charge in [-0.15, -0.1) is 6.42 Å². The van der Waals surface area contributed by atoms with E-state index in [9.17, 15) is 4.79 Å². The normalized spacial score (nSPS) is 13.3. The Bertz CT molecular complexity index is 164. The summed E-state index contributed by atoms with van der Waals surface area (Å²) in [7, 11) is 0. The van der Waals surface area contributed by atoms with Crippen molar-refractivity contribution in [2.24, 2.45) is 0 Å². The van der Waals surface area contributed by atoms with E-state index >= 15 is 0 Å². The highest BCUT2D eigenvalue weighted by Crippen LogP contribution is 2.08. The third-order valence-corrected chi connectivity index (χ3v) is 0.842. The van der Waals surface area contributed by atoms with Gasteiger partial charge < -0.3 is 10.1 Å². The molecule has 1 amide bonds. The van der Waals surface area contributed by atoms with Crippen molar-refractivity contribution >= 4 is 6.41 Å². The first kappa shape index (κ1) is 9.99. The van der Waals surface area contributed by atoms with Crippen LogP contribution in [0.3, 0.4) is 0 Å². The molecule has 0 aliphatic heterocycles. The molecule has 0 radical (unpaired) electrons. The van der Waals surface area contributed by atoms with Crippen molar-refractivity contribution in [3.05, 3.63) is 0 Å². The second kappa shape index (κ2) is 3.99. The number of carbonyl (C=O) groups excluding carboxylic acids is 1. The molecule has 1 unspecified atom stereocenters. The third kappa shape index (κ3) is 5.43. The second-order valence-electron chi connectivity index (χ2n) is 3.06. The number of terminal acetylenes is 1. The van der Waals surface area contributed by atoms with E-state index in [2.05, 4.69) is 11.2 Å². The highest BCUT2D eigenvalue weighted by molar-refractivity contribution is 5.47. The lowest BCUT2D eigenvalue weighted by Gasteiger charge is -2.23. The lowest BCUT2D eigenvalue weighted by Crippen LogP contribution is -2.36. The maximum Gasteiger partial charge on any atom is 0.209 e. The molecule has 0 saturated heterocycles. The first-order chi connectivity index (χ1) is 4.99. The quantitative estimate of drug-likeness (QED) is 0.366. The van der Waals surface area contributed by atoms with E-state index in [1.807, 2.05) is 20.8 Å². The minimum absolute atomic E-state index is 0.340. The van der Waals surface area contributed by atoms with Crippen molar-refractivity contribution in [2.45, 2.75) is 32.6 Å². The zero-order chi connectivity index (χ0) is 8.91. The summed E-state index contributed by atoms with van der Waals surface area (Å²) >= 11 is 0. The predicted molar refractivity (Wildman–Crippen MR) is 42.7 cm³/mol. The molecule has 1 N–H and O–H groups in total. The van der Waals surface area contributed by atoms with Gasteiger partial charge in [0.15, 0.2) is 6.23 Å². The Labute approximate surface area is 67.1 Å². The minimum atomic E-state index is -0.632. The van der Waals surface area contributed by atoms with Gasteiger partial charge in [-0.3, -0.25) is 4.79 Å². The number of amides is 1. The maximum atomic E-state index is 9.97. The van der Waals surface area contributed by atoms with Gasteiger partial charge in [0, 0.05) is 0 Å². The molecule has 0 aromatic heterocycles. The fourth-order valence-electron chi connectivity index (χ4n) is 0.532. The molecule has 3 nitrogen and oxygen atoms in total. The van der Waals surface area contributed by atoms with Crippen molar-refractivity contribution in [2.75, 3.05) is 0 Å². The summed E-state index contributed by atoms with van der Waals surface area (Å²) in [6.45, 7) is 5.59. The van der Waals surface area contributed by atoms with Gasteiger partial charge in [0.2, 0.25) is 6.41 Å². The Morgan fingerprint density at radius 1 is 1.64 bits per heavy atom. The fourth-order valence-corrected chi connectivity index (χ4v) is 0.532. The Morgan fingerprint density at radius 3 is 2.45 bits per heavy atom. The van der Waals surface area contributed by atoms with E-state index < -0.39 is 6.23 Å². The standard InChI is InChI=1S/C8H13NO2/c1-5-7(9-6-10)11-8(2,3)4/h1,6-7H,2-4H3,(H,9,10). The summed E-state index contributed by atoms with van der Waals surface area (Å²) in [6, 6.07) is 0. The van der Waals surface area contributed by atoms with Gasteiger partial charge in [-0.05, 0) is 20.8 Å². The molecule has 62 valence electrons. The molecule has 1 atom stereocenters. The van der Waals surface area contributed by atoms with Crippen LogP contribution in [0.1, 0.15) is 20.8 Å². The van der Waals surface area contributed by atoms with Crippen molar-refractivity contribution in [3.63, 3.8) is 0 Å². The van der Waals surface area contributed by atoms with Crippen LogP contribution >= 0.6 is 0 Å². The first-order valence-corrected chi connectivity index (χ1v) is 3.33. The van der Waals surface area contributed by atoms with Gasteiger partial charge in [0.25, 0.3) is 0 Å². The molecule has 0 fully saturated rings. The first-order valence-electron chi connectivity index (χ1n) is 3.33. The van der Waals surface area contributed by atoms with Crippen LogP contribution in [0.25, 0.3) is 0 Å². The highest BCUT2D eigenvalue weighted by Gasteiger charge is 2.15. The Hall–Kier alpha value is -1.01. The molecule has 0 bridgehead atoms. The van der Waals surface area contributed by atoms with Gasteiger partial charge >= 0.3 is 0 Å². The monoisotopic (exact) mass is 155 g/mol. The molecule has 0 aliphatic carbocycles. The smallest absolute Gasteiger partial charge is 0.209 e. The lowest BCUT2D eigenvalue weighted by molar-refractivity contribution is -0.115. The van der Waals surface area contributed by atoms with Crippen LogP contribution in [0.4, 0.5) is 0 Å². The van der Waals surface area contributed by atoms with Crippen LogP contribution < -0.4 is 5.32 Å². The van der Waals surface area contributed by atoms with Crippen molar-refractivity contribution in [1.29, 1.82) is 0 Å². The van der Waals surface area contributed by atoms with Crippen LogP contribution in [0.2, 0.25) is 0 Å². The fraction of sp³-hybridized carbons (Fsp3) is 0.625. The van der Waals surface area contributed by atoms with E-state index in [-0.39, 0.29) is 5.60 Å². The van der Waals surface area contributed by atoms with Crippen molar-refractivity contribution in [3.8, 4) is 12.3 Å². The van der Waals surface area contributed by atoms with Crippen LogP contribution in [0.15, 0.2) is 0 Å². The van der Waals surface area contributed by atoms with E-state index in [0.717, 1.165) is 0 Å². The molecular formula is C8H13NO2. The number of rotatable bonds is 3. The van der Waals surface area contributed by atoms with Crippen LogP contribution in [0, 0.1) is 12.3 Å². The molecule has 0 heterocycles. The summed E-state index contributed by atoms with van der Waals surface area (Å²) in [5.74, 6) is 2.29. The van der Waals surface area contributed by atoms with Crippen molar-refractivity contribution < 1.29 is 9.53 Å². The Morgan fingerprint density at radius 2 is 2.18 bits per heavy atom. The van der Waals surface area contributed by atoms with Gasteiger partial charge in [-0.25, -0.2) is 0 Å². The number of carbonyl (C=O) groups is 1. The minimum Gasteiger partial charge on any atom is -0.341 e. The zero-order valence-corrected chi connectivity index (χ0v) is 7.05. The summed E-state index contributed by atoms with van der Waals surface area (Å²) in [6.07, 6.45) is 4.96. The Balaban J connectivity index is 3.90. The molecular weight excluding hydrogens is 142 g/mol. The third-order valence-electron chi connectivity index (χ3n) is 0.842. The van der Waals surface area contributed by atoms with Gasteiger partial charge in [-0.1, -0.05) is 5.92 Å². The molecule has 11 heavy (non-hydrogen) atoms. The number of ether oxygens (including phenoxy) is 1. The molecule has 0 rings (SSSR count). The largest absolute Gasteiger partial charge is 0.341 e. The van der Waals surface area contributed by atoms with Crippen LogP contribution in [-0.4, -0.2) is 18.2 Å². The number of hydrogen-bond donors (Lipinski definition) is 1. The summed E-state index contributed by atoms with van der Waals surface area (Å²) in [5.41, 5.74) is -0.340. The van der Waals surface area contributed by atoms with Crippen LogP contribution in [-0.2, 0) is 9.53 Å². The van der Waals surface area contributed by atoms with E-state index in [1.54, 1.807) is 0 Å². The van der Waals surface area contributed by atoms with Gasteiger partial charge in [0.1, 0.15) is 0 Å². The molecule has 0 saturated carbocycles. The van der Waals surface area contributed by atoms with E-state index in [4.69, 9.17) is 11.2 Å². The second-order valence-corrected chi connectivity index (χ2v) is 3.06. The molecule has 0 aromatic carbocycles. The SMILES string of the molecule is C#CC(NC=O)OC(C)(C)C. The molecule has 0 aromatic rings. The summed E-state index contributed by atoms with van der Waals surface area (Å²) < 4.78 is 5.25. The number of nitrogens with one attached hydrogen (secondary N) is 1. The highest BCUT2D eigenvalue weighted by atomic mass is 16.5. The maximum absolute atomic E-state index is 9.97. The van der Waals surface area contributed by atoms with Crippen molar-refractivity contribution in [1.82, 2.24) is 5.32 Å². The molecule has 0 aliphatic rings. The topological polar surface area (TPSA) is 38.3 Å². The van der Waals surface area contributed by atoms with Gasteiger partial charge in [-0.2, -0.15) is 0 Å². The Kier molecular flexibility index (Phi) is 3.63.